The lowest BCUT2D eigenvalue weighted by Gasteiger charge is -2.34. The van der Waals surface area contributed by atoms with Crippen LogP contribution in [-0.2, 0) is 4.74 Å². The topological polar surface area (TPSA) is 40.1 Å². The summed E-state index contributed by atoms with van der Waals surface area (Å²) >= 11 is 0. The monoisotopic (exact) mass is 468 g/mol. The van der Waals surface area contributed by atoms with E-state index in [4.69, 9.17) is 9.73 Å². The van der Waals surface area contributed by atoms with Crippen LogP contribution in [0.3, 0.4) is 0 Å². The van der Waals surface area contributed by atoms with Gasteiger partial charge in [0, 0.05) is 32.8 Å². The Balaban J connectivity index is 0.00000576. The highest BCUT2D eigenvalue weighted by molar-refractivity contribution is 14.0. The van der Waals surface area contributed by atoms with Crippen molar-refractivity contribution >= 4 is 29.9 Å². The highest BCUT2D eigenvalue weighted by Crippen LogP contribution is 2.13. The molecule has 0 unspecified atom stereocenters. The van der Waals surface area contributed by atoms with E-state index >= 15 is 0 Å². The SMILES string of the molecule is CCCN(CCC)CCCN=C(NCC)N1CCC(OCC)CC1.I. The van der Waals surface area contributed by atoms with Crippen LogP contribution in [0.25, 0.3) is 0 Å². The molecule has 0 aromatic carbocycles. The van der Waals surface area contributed by atoms with Gasteiger partial charge < -0.3 is 19.9 Å². The molecule has 1 heterocycles. The van der Waals surface area contributed by atoms with Gasteiger partial charge in [-0.3, -0.25) is 4.99 Å². The predicted octanol–water partition coefficient (Wildman–Crippen LogP) is 3.58. The van der Waals surface area contributed by atoms with Crippen molar-refractivity contribution in [3.05, 3.63) is 0 Å². The Labute approximate surface area is 173 Å². The van der Waals surface area contributed by atoms with Gasteiger partial charge in [-0.25, -0.2) is 0 Å². The minimum absolute atomic E-state index is 0. The second-order valence-electron chi connectivity index (χ2n) is 6.57. The molecule has 1 rings (SSSR count). The fraction of sp³-hybridized carbons (Fsp3) is 0.947. The third kappa shape index (κ3) is 10.6. The van der Waals surface area contributed by atoms with Gasteiger partial charge >= 0.3 is 0 Å². The summed E-state index contributed by atoms with van der Waals surface area (Å²) in [7, 11) is 0. The molecule has 1 aliphatic heterocycles. The van der Waals surface area contributed by atoms with Crippen LogP contribution < -0.4 is 5.32 Å². The Hall–Kier alpha value is -0.0800. The third-order valence-electron chi connectivity index (χ3n) is 4.45. The van der Waals surface area contributed by atoms with E-state index < -0.39 is 0 Å². The third-order valence-corrected chi connectivity index (χ3v) is 4.45. The normalized spacial score (nSPS) is 16.2. The Morgan fingerprint density at radius 2 is 1.72 bits per heavy atom. The van der Waals surface area contributed by atoms with E-state index in [0.29, 0.717) is 6.10 Å². The van der Waals surface area contributed by atoms with Crippen LogP contribution in [0.4, 0.5) is 0 Å². The van der Waals surface area contributed by atoms with Crippen LogP contribution in [0, 0.1) is 0 Å². The highest BCUT2D eigenvalue weighted by atomic mass is 127. The van der Waals surface area contributed by atoms with E-state index in [0.717, 1.165) is 64.6 Å². The number of ether oxygens (including phenoxy) is 1. The zero-order chi connectivity index (χ0) is 17.6. The summed E-state index contributed by atoms with van der Waals surface area (Å²) in [5, 5.41) is 3.46. The molecule has 0 aliphatic carbocycles. The van der Waals surface area contributed by atoms with Crippen molar-refractivity contribution < 1.29 is 4.74 Å². The number of guanidine groups is 1. The quantitative estimate of drug-likeness (QED) is 0.218. The lowest BCUT2D eigenvalue weighted by atomic mass is 10.1. The smallest absolute Gasteiger partial charge is 0.193 e. The van der Waals surface area contributed by atoms with Crippen molar-refractivity contribution in [2.45, 2.75) is 65.9 Å². The van der Waals surface area contributed by atoms with Gasteiger partial charge in [0.25, 0.3) is 0 Å². The van der Waals surface area contributed by atoms with Crippen LogP contribution in [0.2, 0.25) is 0 Å². The number of halogens is 1. The molecule has 150 valence electrons. The molecule has 6 heteroatoms. The predicted molar refractivity (Wildman–Crippen MR) is 119 cm³/mol. The van der Waals surface area contributed by atoms with Crippen LogP contribution in [0.1, 0.15) is 59.8 Å². The molecule has 0 saturated carbocycles. The molecule has 25 heavy (non-hydrogen) atoms. The average molecular weight is 468 g/mol. The number of nitrogens with zero attached hydrogens (tertiary/aromatic N) is 3. The van der Waals surface area contributed by atoms with Crippen LogP contribution in [0.5, 0.6) is 0 Å². The zero-order valence-electron chi connectivity index (χ0n) is 16.9. The van der Waals surface area contributed by atoms with Gasteiger partial charge in [0.2, 0.25) is 0 Å². The number of hydrogen-bond acceptors (Lipinski definition) is 3. The van der Waals surface area contributed by atoms with Crippen molar-refractivity contribution in [2.24, 2.45) is 4.99 Å². The first kappa shape index (κ1) is 24.9. The zero-order valence-corrected chi connectivity index (χ0v) is 19.3. The Bertz CT molecular complexity index is 327. The molecule has 0 bridgehead atoms. The van der Waals surface area contributed by atoms with Gasteiger partial charge in [0.05, 0.1) is 6.10 Å². The summed E-state index contributed by atoms with van der Waals surface area (Å²) in [5.41, 5.74) is 0. The van der Waals surface area contributed by atoms with E-state index in [1.165, 1.54) is 25.9 Å². The summed E-state index contributed by atoms with van der Waals surface area (Å²) < 4.78 is 5.75. The summed E-state index contributed by atoms with van der Waals surface area (Å²) in [5.74, 6) is 1.09. The highest BCUT2D eigenvalue weighted by Gasteiger charge is 2.21. The van der Waals surface area contributed by atoms with E-state index in [9.17, 15) is 0 Å². The second kappa shape index (κ2) is 16.1. The van der Waals surface area contributed by atoms with Gasteiger partial charge in [-0.05, 0) is 65.6 Å². The van der Waals surface area contributed by atoms with Crippen LogP contribution >= 0.6 is 24.0 Å². The standard InChI is InChI=1S/C19H40N4O.HI/c1-5-13-22(14-6-2)15-9-12-21-19(20-7-3)23-16-10-18(11-17-23)24-8-4;/h18H,5-17H2,1-4H3,(H,20,21);1H. The summed E-state index contributed by atoms with van der Waals surface area (Å²) in [6, 6.07) is 0. The Morgan fingerprint density at radius 3 is 2.24 bits per heavy atom. The summed E-state index contributed by atoms with van der Waals surface area (Å²) in [6.07, 6.45) is 6.27. The number of hydrogen-bond donors (Lipinski definition) is 1. The number of rotatable bonds is 11. The van der Waals surface area contributed by atoms with Crippen LogP contribution in [-0.4, -0.2) is 74.3 Å². The van der Waals surface area contributed by atoms with Crippen molar-refractivity contribution in [1.82, 2.24) is 15.1 Å². The van der Waals surface area contributed by atoms with Crippen molar-refractivity contribution in [3.8, 4) is 0 Å². The van der Waals surface area contributed by atoms with Crippen LogP contribution in [0.15, 0.2) is 4.99 Å². The average Bonchev–Trinajstić information content (AvgIpc) is 2.59. The van der Waals surface area contributed by atoms with Gasteiger partial charge in [-0.15, -0.1) is 24.0 Å². The van der Waals surface area contributed by atoms with Gasteiger partial charge in [-0.2, -0.15) is 0 Å². The minimum Gasteiger partial charge on any atom is -0.378 e. The molecular weight excluding hydrogens is 427 g/mol. The molecule has 0 amide bonds. The summed E-state index contributed by atoms with van der Waals surface area (Å²) in [6.45, 7) is 17.1. The molecule has 1 fully saturated rings. The molecule has 0 atom stereocenters. The van der Waals surface area contributed by atoms with Gasteiger partial charge in [-0.1, -0.05) is 13.8 Å². The van der Waals surface area contributed by atoms with E-state index in [1.54, 1.807) is 0 Å². The minimum atomic E-state index is 0. The maximum Gasteiger partial charge on any atom is 0.193 e. The molecular formula is C19H41IN4O. The Morgan fingerprint density at radius 1 is 1.08 bits per heavy atom. The maximum atomic E-state index is 5.75. The molecule has 1 saturated heterocycles. The fourth-order valence-corrected chi connectivity index (χ4v) is 3.34. The summed E-state index contributed by atoms with van der Waals surface area (Å²) in [4.78, 5) is 9.83. The van der Waals surface area contributed by atoms with Crippen molar-refractivity contribution in [3.63, 3.8) is 0 Å². The lowest BCUT2D eigenvalue weighted by molar-refractivity contribution is 0.0264. The molecule has 5 nitrogen and oxygen atoms in total. The molecule has 0 aromatic rings. The maximum absolute atomic E-state index is 5.75. The van der Waals surface area contributed by atoms with E-state index in [1.807, 2.05) is 0 Å². The van der Waals surface area contributed by atoms with Gasteiger partial charge in [0.1, 0.15) is 0 Å². The van der Waals surface area contributed by atoms with Crippen molar-refractivity contribution in [1.29, 1.82) is 0 Å². The Kier molecular flexibility index (Phi) is 16.1. The first-order valence-electron chi connectivity index (χ1n) is 10.1. The fourth-order valence-electron chi connectivity index (χ4n) is 3.34. The van der Waals surface area contributed by atoms with E-state index in [-0.39, 0.29) is 24.0 Å². The van der Waals surface area contributed by atoms with E-state index in [2.05, 4.69) is 42.8 Å². The molecule has 1 N–H and O–H groups in total. The van der Waals surface area contributed by atoms with Gasteiger partial charge in [0.15, 0.2) is 5.96 Å². The number of likely N-dealkylation sites (tertiary alicyclic amines) is 1. The van der Waals surface area contributed by atoms with Crippen molar-refractivity contribution in [2.75, 3.05) is 52.4 Å². The molecule has 1 aliphatic rings. The first-order chi connectivity index (χ1) is 11.7. The lowest BCUT2D eigenvalue weighted by Crippen LogP contribution is -2.47. The number of aliphatic imine (C=N–C) groups is 1. The molecule has 0 aromatic heterocycles. The first-order valence-corrected chi connectivity index (χ1v) is 10.1. The molecule has 0 radical (unpaired) electrons. The molecule has 0 spiro atoms. The number of nitrogens with one attached hydrogen (secondary N) is 1. The second-order valence-corrected chi connectivity index (χ2v) is 6.57. The number of piperidine rings is 1. The largest absolute Gasteiger partial charge is 0.378 e.